The number of hydrogen-bond acceptors (Lipinski definition) is 2. The second kappa shape index (κ2) is 5.92. The summed E-state index contributed by atoms with van der Waals surface area (Å²) in [6.45, 7) is 6.28. The second-order valence-corrected chi connectivity index (χ2v) is 6.70. The molecule has 0 atom stereocenters. The molecule has 1 aliphatic heterocycles. The predicted octanol–water partition coefficient (Wildman–Crippen LogP) is 3.90. The molecule has 0 aliphatic carbocycles. The molecule has 0 bridgehead atoms. The largest absolute Gasteiger partial charge is 0.379 e. The number of rotatable bonds is 2. The summed E-state index contributed by atoms with van der Waals surface area (Å²) in [7, 11) is 0. The van der Waals surface area contributed by atoms with Crippen molar-refractivity contribution in [3.63, 3.8) is 0 Å². The average Bonchev–Trinajstić information content (AvgIpc) is 2.48. The molecule has 2 aromatic carbocycles. The maximum atomic E-state index is 12.4. The van der Waals surface area contributed by atoms with E-state index in [-0.39, 0.29) is 11.4 Å². The Morgan fingerprint density at radius 1 is 1.13 bits per heavy atom. The summed E-state index contributed by atoms with van der Waals surface area (Å²) in [6.07, 6.45) is 2.60. The molecule has 1 amide bonds. The highest BCUT2D eigenvalue weighted by molar-refractivity contribution is 6.04. The highest BCUT2D eigenvalue weighted by Crippen LogP contribution is 2.29. The van der Waals surface area contributed by atoms with E-state index >= 15 is 0 Å². The van der Waals surface area contributed by atoms with Gasteiger partial charge in [-0.15, -0.1) is 0 Å². The summed E-state index contributed by atoms with van der Waals surface area (Å²) in [5.74, 6) is -0.116. The van der Waals surface area contributed by atoms with Gasteiger partial charge in [0.25, 0.3) is 0 Å². The number of para-hydroxylation sites is 1. The molecular formula is C20H22N2O. The highest BCUT2D eigenvalue weighted by atomic mass is 16.1. The molecule has 0 unspecified atom stereocenters. The zero-order valence-corrected chi connectivity index (χ0v) is 13.8. The Hall–Kier alpha value is -2.55. The Balaban J connectivity index is 1.89. The fraction of sp³-hybridized carbons (Fsp3) is 0.250. The lowest BCUT2D eigenvalue weighted by Crippen LogP contribution is -2.44. The van der Waals surface area contributed by atoms with Crippen molar-refractivity contribution in [2.24, 2.45) is 0 Å². The van der Waals surface area contributed by atoms with E-state index in [9.17, 15) is 4.79 Å². The van der Waals surface area contributed by atoms with Crippen LogP contribution >= 0.6 is 0 Å². The van der Waals surface area contributed by atoms with Crippen molar-refractivity contribution >= 4 is 17.3 Å². The van der Waals surface area contributed by atoms with Crippen LogP contribution in [0.15, 0.2) is 54.6 Å². The highest BCUT2D eigenvalue weighted by Gasteiger charge is 2.27. The molecule has 3 rings (SSSR count). The molecule has 3 heteroatoms. The van der Waals surface area contributed by atoms with Gasteiger partial charge in [-0.05, 0) is 44.4 Å². The van der Waals surface area contributed by atoms with E-state index in [0.29, 0.717) is 0 Å². The first-order valence-electron chi connectivity index (χ1n) is 7.89. The van der Waals surface area contributed by atoms with Gasteiger partial charge in [-0.2, -0.15) is 0 Å². The lowest BCUT2D eigenvalue weighted by atomic mass is 9.86. The lowest BCUT2D eigenvalue weighted by Gasteiger charge is -2.35. The number of carbonyl (C=O) groups excluding carboxylic acids is 1. The zero-order chi connectivity index (χ0) is 16.4. The van der Waals surface area contributed by atoms with Gasteiger partial charge in [0.2, 0.25) is 5.91 Å². The molecule has 2 aromatic rings. The molecule has 0 fully saturated rings. The van der Waals surface area contributed by atoms with Crippen LogP contribution in [0.25, 0.3) is 5.70 Å². The first kappa shape index (κ1) is 15.3. The lowest BCUT2D eigenvalue weighted by molar-refractivity contribution is -0.111. The van der Waals surface area contributed by atoms with E-state index in [0.717, 1.165) is 28.9 Å². The molecule has 23 heavy (non-hydrogen) atoms. The van der Waals surface area contributed by atoms with Crippen molar-refractivity contribution < 1.29 is 4.79 Å². The third-order valence-corrected chi connectivity index (χ3v) is 4.09. The molecule has 0 saturated heterocycles. The van der Waals surface area contributed by atoms with Crippen LogP contribution in [0.2, 0.25) is 0 Å². The van der Waals surface area contributed by atoms with Crippen LogP contribution in [-0.4, -0.2) is 11.4 Å². The summed E-state index contributed by atoms with van der Waals surface area (Å²) in [6, 6.07) is 16.0. The quantitative estimate of drug-likeness (QED) is 0.826. The molecule has 3 nitrogen and oxygen atoms in total. The van der Waals surface area contributed by atoms with E-state index in [4.69, 9.17) is 0 Å². The van der Waals surface area contributed by atoms with E-state index < -0.39 is 0 Å². The van der Waals surface area contributed by atoms with Crippen LogP contribution < -0.4 is 10.6 Å². The van der Waals surface area contributed by atoms with Crippen molar-refractivity contribution in [3.05, 3.63) is 71.3 Å². The second-order valence-electron chi connectivity index (χ2n) is 6.70. The fourth-order valence-corrected chi connectivity index (χ4v) is 3.02. The Morgan fingerprint density at radius 2 is 1.83 bits per heavy atom. The van der Waals surface area contributed by atoms with E-state index in [2.05, 4.69) is 36.6 Å². The molecule has 1 heterocycles. The van der Waals surface area contributed by atoms with Crippen LogP contribution in [0.1, 0.15) is 30.5 Å². The van der Waals surface area contributed by atoms with Crippen LogP contribution in [0.3, 0.4) is 0 Å². The molecule has 0 saturated carbocycles. The van der Waals surface area contributed by atoms with Gasteiger partial charge in [0, 0.05) is 28.6 Å². The number of hydrogen-bond donors (Lipinski definition) is 2. The van der Waals surface area contributed by atoms with Crippen molar-refractivity contribution in [1.82, 2.24) is 5.32 Å². The van der Waals surface area contributed by atoms with Gasteiger partial charge in [0.1, 0.15) is 0 Å². The van der Waals surface area contributed by atoms with Gasteiger partial charge < -0.3 is 10.6 Å². The maximum Gasteiger partial charge on any atom is 0.250 e. The van der Waals surface area contributed by atoms with E-state index in [1.807, 2.05) is 43.3 Å². The Kier molecular flexibility index (Phi) is 3.95. The van der Waals surface area contributed by atoms with E-state index in [1.165, 1.54) is 5.56 Å². The van der Waals surface area contributed by atoms with Gasteiger partial charge in [-0.1, -0.05) is 42.5 Å². The molecule has 1 aliphatic rings. The molecule has 118 valence electrons. The number of amides is 1. The van der Waals surface area contributed by atoms with Gasteiger partial charge in [-0.3, -0.25) is 4.79 Å². The number of aryl methyl sites for hydroxylation is 1. The minimum absolute atomic E-state index is 0.0663. The monoisotopic (exact) mass is 306 g/mol. The zero-order valence-electron chi connectivity index (χ0n) is 13.8. The van der Waals surface area contributed by atoms with Gasteiger partial charge in [0.05, 0.1) is 0 Å². The maximum absolute atomic E-state index is 12.4. The number of benzene rings is 2. The number of nitrogens with one attached hydrogen (secondary N) is 2. The van der Waals surface area contributed by atoms with Crippen molar-refractivity contribution in [3.8, 4) is 0 Å². The standard InChI is InChI=1S/C20H22N2O/c1-14-8-4-7-11-17(14)21-19(23)12-18-16-10-6-5-9-15(16)13-20(2,3)22-18/h4-12,22H,13H2,1-3H3,(H,21,23)/b18-12-. The van der Waals surface area contributed by atoms with E-state index in [1.54, 1.807) is 6.08 Å². The minimum atomic E-state index is -0.116. The molecule has 0 spiro atoms. The van der Waals surface area contributed by atoms with Crippen LogP contribution in [0.5, 0.6) is 0 Å². The fourth-order valence-electron chi connectivity index (χ4n) is 3.02. The third kappa shape index (κ3) is 3.45. The Bertz CT molecular complexity index is 775. The normalized spacial score (nSPS) is 17.3. The van der Waals surface area contributed by atoms with Gasteiger partial charge in [-0.25, -0.2) is 0 Å². The Labute approximate surface area is 137 Å². The number of fused-ring (bicyclic) bond motifs is 1. The molecule has 0 radical (unpaired) electrons. The van der Waals surface area contributed by atoms with Crippen molar-refractivity contribution in [2.45, 2.75) is 32.7 Å². The first-order chi connectivity index (χ1) is 10.9. The number of carbonyl (C=O) groups is 1. The van der Waals surface area contributed by atoms with Crippen molar-refractivity contribution in [2.75, 3.05) is 5.32 Å². The van der Waals surface area contributed by atoms with Crippen LogP contribution in [0, 0.1) is 6.92 Å². The Morgan fingerprint density at radius 3 is 2.61 bits per heavy atom. The smallest absolute Gasteiger partial charge is 0.250 e. The topological polar surface area (TPSA) is 41.1 Å². The summed E-state index contributed by atoms with van der Waals surface area (Å²) in [5, 5.41) is 6.44. The predicted molar refractivity (Wildman–Crippen MR) is 95.1 cm³/mol. The van der Waals surface area contributed by atoms with Crippen molar-refractivity contribution in [1.29, 1.82) is 0 Å². The number of anilines is 1. The average molecular weight is 306 g/mol. The molecule has 0 aromatic heterocycles. The summed E-state index contributed by atoms with van der Waals surface area (Å²) >= 11 is 0. The summed E-state index contributed by atoms with van der Waals surface area (Å²) in [5.41, 5.74) is 5.08. The molecular weight excluding hydrogens is 284 g/mol. The third-order valence-electron chi connectivity index (χ3n) is 4.09. The summed E-state index contributed by atoms with van der Waals surface area (Å²) in [4.78, 5) is 12.4. The SMILES string of the molecule is Cc1ccccc1NC(=O)/C=C1\NC(C)(C)Cc2ccccc21. The van der Waals surface area contributed by atoms with Gasteiger partial charge >= 0.3 is 0 Å². The first-order valence-corrected chi connectivity index (χ1v) is 7.89. The van der Waals surface area contributed by atoms with Crippen LogP contribution in [0.4, 0.5) is 5.69 Å². The minimum Gasteiger partial charge on any atom is -0.379 e. The van der Waals surface area contributed by atoms with Crippen LogP contribution in [-0.2, 0) is 11.2 Å². The summed E-state index contributed by atoms with van der Waals surface area (Å²) < 4.78 is 0. The van der Waals surface area contributed by atoms with Gasteiger partial charge in [0.15, 0.2) is 0 Å². The molecule has 2 N–H and O–H groups in total.